The Morgan fingerprint density at radius 1 is 1.18 bits per heavy atom. The number of hydrogen-bond donors (Lipinski definition) is 0. The molecule has 2 aromatic carbocycles. The van der Waals surface area contributed by atoms with Gasteiger partial charge >= 0.3 is 5.97 Å². The SMILES string of the molecule is COC(=O)c1onc2c1ccc1ccccc12. The minimum atomic E-state index is -0.511. The summed E-state index contributed by atoms with van der Waals surface area (Å²) in [6.07, 6.45) is 0. The van der Waals surface area contributed by atoms with Crippen LogP contribution in [0.4, 0.5) is 0 Å². The van der Waals surface area contributed by atoms with Crippen molar-refractivity contribution in [1.29, 1.82) is 0 Å². The zero-order chi connectivity index (χ0) is 11.8. The van der Waals surface area contributed by atoms with Crippen LogP contribution in [0.3, 0.4) is 0 Å². The second-order valence-electron chi connectivity index (χ2n) is 3.69. The van der Waals surface area contributed by atoms with Gasteiger partial charge in [0.1, 0.15) is 5.52 Å². The van der Waals surface area contributed by atoms with Gasteiger partial charge in [0.05, 0.1) is 12.5 Å². The van der Waals surface area contributed by atoms with E-state index in [0.29, 0.717) is 10.9 Å². The first-order chi connectivity index (χ1) is 8.31. The molecule has 0 saturated carbocycles. The molecule has 84 valence electrons. The van der Waals surface area contributed by atoms with Crippen LogP contribution < -0.4 is 0 Å². The fourth-order valence-corrected chi connectivity index (χ4v) is 1.92. The summed E-state index contributed by atoms with van der Waals surface area (Å²) in [4.78, 5) is 11.5. The van der Waals surface area contributed by atoms with Crippen molar-refractivity contribution in [3.05, 3.63) is 42.2 Å². The summed E-state index contributed by atoms with van der Waals surface area (Å²) in [7, 11) is 1.32. The van der Waals surface area contributed by atoms with E-state index >= 15 is 0 Å². The maximum Gasteiger partial charge on any atom is 0.377 e. The van der Waals surface area contributed by atoms with Crippen LogP contribution in [-0.4, -0.2) is 18.2 Å². The quantitative estimate of drug-likeness (QED) is 0.600. The Morgan fingerprint density at radius 3 is 2.82 bits per heavy atom. The monoisotopic (exact) mass is 227 g/mol. The lowest BCUT2D eigenvalue weighted by Crippen LogP contribution is -1.99. The standard InChI is InChI=1S/C13H9NO3/c1-16-13(15)12-10-7-6-8-4-2-3-5-9(8)11(10)14-17-12/h2-7H,1H3. The number of esters is 1. The highest BCUT2D eigenvalue weighted by Crippen LogP contribution is 2.27. The van der Waals surface area contributed by atoms with E-state index in [0.717, 1.165) is 10.8 Å². The van der Waals surface area contributed by atoms with Gasteiger partial charge in [-0.1, -0.05) is 35.5 Å². The molecule has 4 heteroatoms. The molecule has 3 rings (SSSR count). The molecule has 0 atom stereocenters. The van der Waals surface area contributed by atoms with Crippen molar-refractivity contribution in [2.24, 2.45) is 0 Å². The normalized spacial score (nSPS) is 10.9. The van der Waals surface area contributed by atoms with E-state index in [9.17, 15) is 4.79 Å². The van der Waals surface area contributed by atoms with Crippen molar-refractivity contribution in [2.45, 2.75) is 0 Å². The van der Waals surface area contributed by atoms with Crippen molar-refractivity contribution in [3.8, 4) is 0 Å². The molecule has 17 heavy (non-hydrogen) atoms. The van der Waals surface area contributed by atoms with E-state index in [1.807, 2.05) is 36.4 Å². The average Bonchev–Trinajstić information content (AvgIpc) is 2.82. The van der Waals surface area contributed by atoms with Gasteiger partial charge in [0, 0.05) is 5.39 Å². The minimum absolute atomic E-state index is 0.147. The Kier molecular flexibility index (Phi) is 2.08. The topological polar surface area (TPSA) is 52.3 Å². The van der Waals surface area contributed by atoms with Crippen molar-refractivity contribution in [3.63, 3.8) is 0 Å². The molecule has 0 fully saturated rings. The zero-order valence-corrected chi connectivity index (χ0v) is 9.14. The van der Waals surface area contributed by atoms with E-state index in [4.69, 9.17) is 4.52 Å². The van der Waals surface area contributed by atoms with Crippen LogP contribution in [0.25, 0.3) is 21.7 Å². The lowest BCUT2D eigenvalue weighted by atomic mass is 10.1. The number of nitrogens with zero attached hydrogens (tertiary/aromatic N) is 1. The number of methoxy groups -OCH3 is 1. The van der Waals surface area contributed by atoms with Crippen LogP contribution in [0.5, 0.6) is 0 Å². The lowest BCUT2D eigenvalue weighted by molar-refractivity contribution is 0.0558. The Morgan fingerprint density at radius 2 is 2.00 bits per heavy atom. The maximum atomic E-state index is 11.5. The van der Waals surface area contributed by atoms with Crippen LogP contribution in [0.2, 0.25) is 0 Å². The molecule has 0 spiro atoms. The number of aromatic nitrogens is 1. The number of carbonyl (C=O) groups excluding carboxylic acids is 1. The van der Waals surface area contributed by atoms with Crippen molar-refractivity contribution >= 4 is 27.6 Å². The number of fused-ring (bicyclic) bond motifs is 3. The smallest absolute Gasteiger partial charge is 0.377 e. The van der Waals surface area contributed by atoms with Crippen LogP contribution in [0, 0.1) is 0 Å². The van der Waals surface area contributed by atoms with Crippen molar-refractivity contribution in [1.82, 2.24) is 5.16 Å². The summed E-state index contributed by atoms with van der Waals surface area (Å²) in [5, 5.41) is 6.64. The Hall–Kier alpha value is -2.36. The molecule has 0 unspecified atom stereocenters. The molecule has 0 amide bonds. The van der Waals surface area contributed by atoms with E-state index < -0.39 is 5.97 Å². The molecular formula is C13H9NO3. The summed E-state index contributed by atoms with van der Waals surface area (Å²) < 4.78 is 9.69. The highest BCUT2D eigenvalue weighted by Gasteiger charge is 2.18. The molecule has 1 heterocycles. The fourth-order valence-electron chi connectivity index (χ4n) is 1.92. The van der Waals surface area contributed by atoms with Gasteiger partial charge in [0.2, 0.25) is 0 Å². The molecule has 0 aliphatic heterocycles. The number of ether oxygens (including phenoxy) is 1. The first-order valence-corrected chi connectivity index (χ1v) is 5.16. The van der Waals surface area contributed by atoms with Gasteiger partial charge in [0.15, 0.2) is 0 Å². The van der Waals surface area contributed by atoms with Crippen LogP contribution in [-0.2, 0) is 4.74 Å². The highest BCUT2D eigenvalue weighted by molar-refractivity contribution is 6.11. The molecule has 4 nitrogen and oxygen atoms in total. The first kappa shape index (κ1) is 9.84. The summed E-state index contributed by atoms with van der Waals surface area (Å²) in [5.41, 5.74) is 0.684. The average molecular weight is 227 g/mol. The third-order valence-electron chi connectivity index (χ3n) is 2.74. The van der Waals surface area contributed by atoms with Gasteiger partial charge in [-0.2, -0.15) is 0 Å². The number of rotatable bonds is 1. The molecule has 0 aliphatic carbocycles. The van der Waals surface area contributed by atoms with Gasteiger partial charge in [0.25, 0.3) is 5.76 Å². The number of carbonyl (C=O) groups is 1. The van der Waals surface area contributed by atoms with E-state index in [1.165, 1.54) is 7.11 Å². The summed E-state index contributed by atoms with van der Waals surface area (Å²) in [6.45, 7) is 0. The van der Waals surface area contributed by atoms with Crippen molar-refractivity contribution < 1.29 is 14.1 Å². The molecule has 0 radical (unpaired) electrons. The molecule has 3 aromatic rings. The molecule has 0 N–H and O–H groups in total. The van der Waals surface area contributed by atoms with Crippen molar-refractivity contribution in [2.75, 3.05) is 7.11 Å². The number of benzene rings is 2. The van der Waals surface area contributed by atoms with Crippen LogP contribution in [0.15, 0.2) is 40.9 Å². The fraction of sp³-hybridized carbons (Fsp3) is 0.0769. The molecule has 0 aliphatic rings. The summed E-state index contributed by atoms with van der Waals surface area (Å²) in [6, 6.07) is 11.6. The largest absolute Gasteiger partial charge is 0.463 e. The summed E-state index contributed by atoms with van der Waals surface area (Å²) >= 11 is 0. The highest BCUT2D eigenvalue weighted by atomic mass is 16.5. The zero-order valence-electron chi connectivity index (χ0n) is 9.14. The Bertz CT molecular complexity index is 715. The summed E-state index contributed by atoms with van der Waals surface area (Å²) in [5.74, 6) is -0.365. The first-order valence-electron chi connectivity index (χ1n) is 5.16. The van der Waals surface area contributed by atoms with E-state index in [1.54, 1.807) is 0 Å². The second kappa shape index (κ2) is 3.59. The van der Waals surface area contributed by atoms with Crippen LogP contribution in [0.1, 0.15) is 10.6 Å². The number of hydrogen-bond acceptors (Lipinski definition) is 4. The van der Waals surface area contributed by atoms with Gasteiger partial charge in [-0.3, -0.25) is 0 Å². The minimum Gasteiger partial charge on any atom is -0.463 e. The third kappa shape index (κ3) is 1.38. The van der Waals surface area contributed by atoms with Gasteiger partial charge in [-0.25, -0.2) is 4.79 Å². The van der Waals surface area contributed by atoms with Gasteiger partial charge < -0.3 is 9.26 Å². The van der Waals surface area contributed by atoms with E-state index in [2.05, 4.69) is 9.89 Å². The maximum absolute atomic E-state index is 11.5. The molecule has 1 aromatic heterocycles. The Balaban J connectivity index is 2.39. The molecule has 0 bridgehead atoms. The van der Waals surface area contributed by atoms with Crippen LogP contribution >= 0.6 is 0 Å². The molecular weight excluding hydrogens is 218 g/mol. The molecule has 0 saturated heterocycles. The van der Waals surface area contributed by atoms with E-state index in [-0.39, 0.29) is 5.76 Å². The predicted octanol–water partition coefficient (Wildman–Crippen LogP) is 2.77. The second-order valence-corrected chi connectivity index (χ2v) is 3.69. The predicted molar refractivity (Wildman–Crippen MR) is 62.9 cm³/mol. The lowest BCUT2D eigenvalue weighted by Gasteiger charge is -1.97. The van der Waals surface area contributed by atoms with Gasteiger partial charge in [-0.15, -0.1) is 0 Å². The Labute approximate surface area is 96.8 Å². The third-order valence-corrected chi connectivity index (χ3v) is 2.74. The van der Waals surface area contributed by atoms with Gasteiger partial charge in [-0.05, 0) is 11.5 Å².